The molecule has 1 N–H and O–H groups in total. The van der Waals surface area contributed by atoms with Crippen molar-refractivity contribution in [2.24, 2.45) is 0 Å². The first-order chi connectivity index (χ1) is 15.0. The summed E-state index contributed by atoms with van der Waals surface area (Å²) in [7, 11) is 0. The van der Waals surface area contributed by atoms with Crippen molar-refractivity contribution in [3.05, 3.63) is 106 Å². The van der Waals surface area contributed by atoms with Crippen molar-refractivity contribution < 1.29 is 14.3 Å². The van der Waals surface area contributed by atoms with Crippen molar-refractivity contribution in [1.29, 1.82) is 0 Å². The largest absolute Gasteiger partial charge is 0.489 e. The van der Waals surface area contributed by atoms with E-state index in [2.05, 4.69) is 5.32 Å². The number of ether oxygens (including phenoxy) is 1. The van der Waals surface area contributed by atoms with Gasteiger partial charge in [0.05, 0.1) is 6.54 Å². The summed E-state index contributed by atoms with van der Waals surface area (Å²) in [5, 5.41) is 3.34. The molecule has 1 aliphatic heterocycles. The first kappa shape index (κ1) is 20.7. The Labute approximate surface area is 185 Å². The topological polar surface area (TPSA) is 58.6 Å². The van der Waals surface area contributed by atoms with Crippen LogP contribution in [0.3, 0.4) is 0 Å². The molecule has 0 spiro atoms. The molecule has 3 aromatic rings. The van der Waals surface area contributed by atoms with E-state index < -0.39 is 6.03 Å². The van der Waals surface area contributed by atoms with Gasteiger partial charge in [0.25, 0.3) is 5.91 Å². The van der Waals surface area contributed by atoms with Gasteiger partial charge in [-0.05, 0) is 54.0 Å². The maximum absolute atomic E-state index is 12.7. The monoisotopic (exact) mass is 432 g/mol. The second kappa shape index (κ2) is 9.06. The van der Waals surface area contributed by atoms with E-state index in [4.69, 9.17) is 16.3 Å². The van der Waals surface area contributed by atoms with Crippen LogP contribution >= 0.6 is 11.6 Å². The number of nitrogens with zero attached hydrogens (tertiary/aromatic N) is 1. The van der Waals surface area contributed by atoms with Gasteiger partial charge in [0.2, 0.25) is 0 Å². The number of hydrogen-bond donors (Lipinski definition) is 1. The molecule has 1 fully saturated rings. The van der Waals surface area contributed by atoms with E-state index >= 15 is 0 Å². The number of carbonyl (C=O) groups is 2. The highest BCUT2D eigenvalue weighted by Gasteiger charge is 2.33. The van der Waals surface area contributed by atoms with Gasteiger partial charge < -0.3 is 10.1 Å². The van der Waals surface area contributed by atoms with Crippen LogP contribution in [-0.4, -0.2) is 16.8 Å². The number of amides is 3. The Balaban J connectivity index is 1.39. The molecule has 5 nitrogen and oxygen atoms in total. The third-order valence-electron chi connectivity index (χ3n) is 4.93. The molecule has 31 heavy (non-hydrogen) atoms. The second-order valence-electron chi connectivity index (χ2n) is 7.35. The third kappa shape index (κ3) is 5.13. The maximum Gasteiger partial charge on any atom is 0.329 e. The van der Waals surface area contributed by atoms with E-state index in [1.54, 1.807) is 6.08 Å². The smallest absolute Gasteiger partial charge is 0.329 e. The van der Waals surface area contributed by atoms with Gasteiger partial charge in [-0.2, -0.15) is 0 Å². The Morgan fingerprint density at radius 1 is 0.903 bits per heavy atom. The Morgan fingerprint density at radius 3 is 2.23 bits per heavy atom. The SMILES string of the molecule is Cc1ccc(CN2C(=O)N/C(=C/c3ccc(OCc4ccc(Cl)cc4)cc3)C2=O)cc1. The lowest BCUT2D eigenvalue weighted by atomic mass is 10.1. The number of halogens is 1. The van der Waals surface area contributed by atoms with E-state index in [-0.39, 0.29) is 18.1 Å². The molecule has 6 heteroatoms. The number of urea groups is 1. The first-order valence-electron chi connectivity index (χ1n) is 9.85. The molecule has 0 saturated carbocycles. The van der Waals surface area contributed by atoms with E-state index in [1.165, 1.54) is 4.90 Å². The molecule has 0 atom stereocenters. The zero-order valence-electron chi connectivity index (χ0n) is 17.0. The fourth-order valence-electron chi connectivity index (χ4n) is 3.17. The summed E-state index contributed by atoms with van der Waals surface area (Å²) < 4.78 is 5.78. The molecule has 3 amide bonds. The highest BCUT2D eigenvalue weighted by atomic mass is 35.5. The van der Waals surface area contributed by atoms with Crippen LogP contribution in [0.2, 0.25) is 5.02 Å². The van der Waals surface area contributed by atoms with Crippen LogP contribution < -0.4 is 10.1 Å². The molecule has 0 bridgehead atoms. The maximum atomic E-state index is 12.7. The van der Waals surface area contributed by atoms with Gasteiger partial charge in [0.15, 0.2) is 0 Å². The van der Waals surface area contributed by atoms with Crippen molar-refractivity contribution in [2.45, 2.75) is 20.1 Å². The predicted molar refractivity (Wildman–Crippen MR) is 120 cm³/mol. The van der Waals surface area contributed by atoms with Gasteiger partial charge >= 0.3 is 6.03 Å². The number of nitrogens with one attached hydrogen (secondary N) is 1. The van der Waals surface area contributed by atoms with Crippen molar-refractivity contribution in [1.82, 2.24) is 10.2 Å². The summed E-state index contributed by atoms with van der Waals surface area (Å²) in [4.78, 5) is 26.2. The molecule has 0 unspecified atom stereocenters. The summed E-state index contributed by atoms with van der Waals surface area (Å²) in [6.07, 6.45) is 1.67. The fourth-order valence-corrected chi connectivity index (χ4v) is 3.29. The van der Waals surface area contributed by atoms with E-state index in [0.29, 0.717) is 17.4 Å². The van der Waals surface area contributed by atoms with Crippen LogP contribution in [0.15, 0.2) is 78.5 Å². The van der Waals surface area contributed by atoms with E-state index in [0.717, 1.165) is 22.3 Å². The number of imide groups is 1. The van der Waals surface area contributed by atoms with Gasteiger partial charge in [-0.3, -0.25) is 9.69 Å². The van der Waals surface area contributed by atoms with Crippen molar-refractivity contribution in [3.8, 4) is 5.75 Å². The Bertz CT molecular complexity index is 1120. The molecular weight excluding hydrogens is 412 g/mol. The number of benzene rings is 3. The summed E-state index contributed by atoms with van der Waals surface area (Å²) in [5.41, 5.74) is 4.09. The van der Waals surface area contributed by atoms with Crippen molar-refractivity contribution in [2.75, 3.05) is 0 Å². The van der Waals surface area contributed by atoms with E-state index in [9.17, 15) is 9.59 Å². The number of aryl methyl sites for hydroxylation is 1. The molecule has 1 saturated heterocycles. The van der Waals surface area contributed by atoms with Crippen LogP contribution in [0, 0.1) is 6.92 Å². The van der Waals surface area contributed by atoms with Crippen LogP contribution in [0.25, 0.3) is 6.08 Å². The molecule has 1 aliphatic rings. The normalized spacial score (nSPS) is 14.8. The Kier molecular flexibility index (Phi) is 6.05. The van der Waals surface area contributed by atoms with Crippen LogP contribution in [0.5, 0.6) is 5.75 Å². The standard InChI is InChI=1S/C25H21ClN2O3/c1-17-2-4-19(5-3-17)15-28-24(29)23(27-25(28)30)14-18-8-12-22(13-9-18)31-16-20-6-10-21(26)11-7-20/h2-14H,15-16H2,1H3,(H,27,30)/b23-14+. The molecule has 0 aromatic heterocycles. The number of hydrogen-bond acceptors (Lipinski definition) is 3. The number of rotatable bonds is 6. The lowest BCUT2D eigenvalue weighted by Gasteiger charge is -2.11. The lowest BCUT2D eigenvalue weighted by Crippen LogP contribution is -2.30. The van der Waals surface area contributed by atoms with Gasteiger partial charge in [0, 0.05) is 5.02 Å². The average Bonchev–Trinajstić information content (AvgIpc) is 3.03. The van der Waals surface area contributed by atoms with Gasteiger partial charge in [0.1, 0.15) is 18.1 Å². The predicted octanol–water partition coefficient (Wildman–Crippen LogP) is 5.32. The summed E-state index contributed by atoms with van der Waals surface area (Å²) in [6, 6.07) is 22.1. The molecular formula is C25H21ClN2O3. The highest BCUT2D eigenvalue weighted by Crippen LogP contribution is 2.20. The van der Waals surface area contributed by atoms with Crippen LogP contribution in [0.4, 0.5) is 4.79 Å². The van der Waals surface area contributed by atoms with Crippen LogP contribution in [0.1, 0.15) is 22.3 Å². The Hall–Kier alpha value is -3.57. The first-order valence-corrected chi connectivity index (χ1v) is 10.2. The minimum atomic E-state index is -0.417. The van der Waals surface area contributed by atoms with E-state index in [1.807, 2.05) is 79.7 Å². The molecule has 0 aliphatic carbocycles. The van der Waals surface area contributed by atoms with Gasteiger partial charge in [-0.15, -0.1) is 0 Å². The minimum Gasteiger partial charge on any atom is -0.489 e. The van der Waals surface area contributed by atoms with Crippen LogP contribution in [-0.2, 0) is 17.9 Å². The fraction of sp³-hybridized carbons (Fsp3) is 0.120. The van der Waals surface area contributed by atoms with Crippen molar-refractivity contribution in [3.63, 3.8) is 0 Å². The summed E-state index contributed by atoms with van der Waals surface area (Å²) in [5.74, 6) is 0.369. The molecule has 156 valence electrons. The second-order valence-corrected chi connectivity index (χ2v) is 7.79. The lowest BCUT2D eigenvalue weighted by molar-refractivity contribution is -0.123. The van der Waals surface area contributed by atoms with Gasteiger partial charge in [-0.25, -0.2) is 4.79 Å². The minimum absolute atomic E-state index is 0.236. The third-order valence-corrected chi connectivity index (χ3v) is 5.19. The summed E-state index contributed by atoms with van der Waals surface area (Å²) in [6.45, 7) is 2.66. The molecule has 1 heterocycles. The molecule has 3 aromatic carbocycles. The van der Waals surface area contributed by atoms with Crippen molar-refractivity contribution >= 4 is 29.6 Å². The zero-order valence-corrected chi connectivity index (χ0v) is 17.7. The van der Waals surface area contributed by atoms with Gasteiger partial charge in [-0.1, -0.05) is 65.7 Å². The highest BCUT2D eigenvalue weighted by molar-refractivity contribution is 6.30. The molecule has 0 radical (unpaired) electrons. The summed E-state index contributed by atoms with van der Waals surface area (Å²) >= 11 is 5.89. The number of carbonyl (C=O) groups excluding carboxylic acids is 2. The Morgan fingerprint density at radius 2 is 1.55 bits per heavy atom. The quantitative estimate of drug-likeness (QED) is 0.423. The molecule has 4 rings (SSSR count). The average molecular weight is 433 g/mol. The zero-order chi connectivity index (χ0) is 21.8.